The highest BCUT2D eigenvalue weighted by Gasteiger charge is 2.21. The Bertz CT molecular complexity index is 555. The Morgan fingerprint density at radius 2 is 2.21 bits per heavy atom. The number of aromatic nitrogens is 3. The lowest BCUT2D eigenvalue weighted by molar-refractivity contribution is 0.412. The van der Waals surface area contributed by atoms with Crippen molar-refractivity contribution in [1.29, 1.82) is 0 Å². The maximum Gasteiger partial charge on any atom is 0.180 e. The molecule has 0 bridgehead atoms. The summed E-state index contributed by atoms with van der Waals surface area (Å²) in [5.41, 5.74) is 0.764. The fourth-order valence-electron chi connectivity index (χ4n) is 1.83. The molecule has 0 aromatic carbocycles. The summed E-state index contributed by atoms with van der Waals surface area (Å²) in [6.45, 7) is 0.940. The first kappa shape index (κ1) is 11.9. The molecule has 5 nitrogen and oxygen atoms in total. The molecule has 1 N–H and O–H groups in total. The normalized spacial score (nSPS) is 14.2. The van der Waals surface area contributed by atoms with Gasteiger partial charge in [0, 0.05) is 12.7 Å². The van der Waals surface area contributed by atoms with Crippen LogP contribution in [0.1, 0.15) is 12.8 Å². The van der Waals surface area contributed by atoms with Crippen LogP contribution in [0.5, 0.6) is 5.75 Å². The van der Waals surface area contributed by atoms with E-state index in [2.05, 4.69) is 20.3 Å². The van der Waals surface area contributed by atoms with Gasteiger partial charge >= 0.3 is 0 Å². The van der Waals surface area contributed by atoms with Crippen LogP contribution in [0.4, 0.5) is 5.82 Å². The van der Waals surface area contributed by atoms with E-state index in [4.69, 9.17) is 4.74 Å². The van der Waals surface area contributed by atoms with Crippen LogP contribution in [-0.4, -0.2) is 28.6 Å². The van der Waals surface area contributed by atoms with E-state index in [1.807, 2.05) is 18.2 Å². The topological polar surface area (TPSA) is 59.9 Å². The molecule has 0 saturated heterocycles. The average Bonchev–Trinajstić information content (AvgIpc) is 3.30. The zero-order valence-corrected chi connectivity index (χ0v) is 10.8. The third-order valence-electron chi connectivity index (χ3n) is 3.12. The van der Waals surface area contributed by atoms with Gasteiger partial charge in [-0.25, -0.2) is 9.97 Å². The summed E-state index contributed by atoms with van der Waals surface area (Å²) in [4.78, 5) is 13.0. The average molecular weight is 256 g/mol. The van der Waals surface area contributed by atoms with Crippen molar-refractivity contribution in [2.75, 3.05) is 19.0 Å². The minimum Gasteiger partial charge on any atom is -0.491 e. The quantitative estimate of drug-likeness (QED) is 0.890. The number of pyridine rings is 1. The zero-order valence-electron chi connectivity index (χ0n) is 10.8. The largest absolute Gasteiger partial charge is 0.491 e. The molecule has 1 aliphatic rings. The van der Waals surface area contributed by atoms with Gasteiger partial charge in [-0.2, -0.15) is 0 Å². The zero-order chi connectivity index (χ0) is 13.1. The molecular weight excluding hydrogens is 240 g/mol. The maximum absolute atomic E-state index is 5.28. The standard InChI is InChI=1S/C14H16N4O/c1-19-12-9-17-13(11-4-2-3-7-15-11)18-14(12)16-8-10-5-6-10/h2-4,7,9-10H,5-6,8H2,1H3,(H,16,17,18). The van der Waals surface area contributed by atoms with E-state index in [9.17, 15) is 0 Å². The fraction of sp³-hybridized carbons (Fsp3) is 0.357. The van der Waals surface area contributed by atoms with Crippen LogP contribution in [0.3, 0.4) is 0 Å². The smallest absolute Gasteiger partial charge is 0.180 e. The highest BCUT2D eigenvalue weighted by molar-refractivity contribution is 5.57. The molecule has 1 aliphatic carbocycles. The lowest BCUT2D eigenvalue weighted by Gasteiger charge is -2.10. The minimum absolute atomic E-state index is 0.611. The second-order valence-corrected chi connectivity index (χ2v) is 4.65. The fourth-order valence-corrected chi connectivity index (χ4v) is 1.83. The molecule has 2 aromatic rings. The first-order chi connectivity index (χ1) is 9.36. The van der Waals surface area contributed by atoms with Crippen LogP contribution < -0.4 is 10.1 Å². The van der Waals surface area contributed by atoms with Gasteiger partial charge in [0.15, 0.2) is 17.4 Å². The van der Waals surface area contributed by atoms with Gasteiger partial charge in [-0.3, -0.25) is 4.98 Å². The third kappa shape index (κ3) is 2.81. The lowest BCUT2D eigenvalue weighted by atomic mass is 10.3. The van der Waals surface area contributed by atoms with Crippen LogP contribution in [0.2, 0.25) is 0 Å². The molecule has 0 spiro atoms. The van der Waals surface area contributed by atoms with Gasteiger partial charge in [0.1, 0.15) is 5.69 Å². The van der Waals surface area contributed by atoms with Crippen molar-refractivity contribution in [3.63, 3.8) is 0 Å². The van der Waals surface area contributed by atoms with Crippen molar-refractivity contribution in [2.24, 2.45) is 5.92 Å². The molecule has 3 rings (SSSR count). The van der Waals surface area contributed by atoms with E-state index >= 15 is 0 Å². The van der Waals surface area contributed by atoms with Crippen LogP contribution in [0, 0.1) is 5.92 Å². The van der Waals surface area contributed by atoms with Crippen molar-refractivity contribution in [3.05, 3.63) is 30.6 Å². The van der Waals surface area contributed by atoms with Crippen molar-refractivity contribution in [1.82, 2.24) is 15.0 Å². The number of hydrogen-bond acceptors (Lipinski definition) is 5. The van der Waals surface area contributed by atoms with E-state index in [0.717, 1.165) is 24.0 Å². The highest BCUT2D eigenvalue weighted by atomic mass is 16.5. The number of methoxy groups -OCH3 is 1. The molecule has 0 atom stereocenters. The SMILES string of the molecule is COc1cnc(-c2ccccn2)nc1NCC1CC1. The lowest BCUT2D eigenvalue weighted by Crippen LogP contribution is -2.08. The van der Waals surface area contributed by atoms with Crippen LogP contribution in [-0.2, 0) is 0 Å². The summed E-state index contributed by atoms with van der Waals surface area (Å²) in [5, 5.41) is 3.33. The van der Waals surface area contributed by atoms with Gasteiger partial charge in [0.05, 0.1) is 13.3 Å². The summed E-state index contributed by atoms with van der Waals surface area (Å²) in [6.07, 6.45) is 6.02. The molecule has 1 fully saturated rings. The van der Waals surface area contributed by atoms with Gasteiger partial charge in [-0.15, -0.1) is 0 Å². The van der Waals surface area contributed by atoms with Crippen molar-refractivity contribution in [3.8, 4) is 17.3 Å². The number of anilines is 1. The predicted octanol–water partition coefficient (Wildman–Crippen LogP) is 2.37. The van der Waals surface area contributed by atoms with Crippen LogP contribution >= 0.6 is 0 Å². The molecular formula is C14H16N4O. The number of hydrogen-bond donors (Lipinski definition) is 1. The first-order valence-corrected chi connectivity index (χ1v) is 6.43. The van der Waals surface area contributed by atoms with E-state index in [-0.39, 0.29) is 0 Å². The van der Waals surface area contributed by atoms with E-state index < -0.39 is 0 Å². The highest BCUT2D eigenvalue weighted by Crippen LogP contribution is 2.30. The van der Waals surface area contributed by atoms with Crippen molar-refractivity contribution in [2.45, 2.75) is 12.8 Å². The number of ether oxygens (including phenoxy) is 1. The van der Waals surface area contributed by atoms with E-state index in [1.165, 1.54) is 12.8 Å². The second kappa shape index (κ2) is 5.22. The van der Waals surface area contributed by atoms with Gasteiger partial charge in [0.25, 0.3) is 0 Å². The Labute approximate surface area is 112 Å². The molecule has 0 radical (unpaired) electrons. The molecule has 1 saturated carbocycles. The monoisotopic (exact) mass is 256 g/mol. The van der Waals surface area contributed by atoms with Gasteiger partial charge < -0.3 is 10.1 Å². The summed E-state index contributed by atoms with van der Waals surface area (Å²) in [5.74, 6) is 2.79. The molecule has 2 aromatic heterocycles. The summed E-state index contributed by atoms with van der Waals surface area (Å²) in [7, 11) is 1.63. The van der Waals surface area contributed by atoms with Gasteiger partial charge in [0.2, 0.25) is 0 Å². The Morgan fingerprint density at radius 3 is 2.89 bits per heavy atom. The molecule has 19 heavy (non-hydrogen) atoms. The summed E-state index contributed by atoms with van der Waals surface area (Å²) in [6, 6.07) is 5.69. The minimum atomic E-state index is 0.611. The molecule has 0 amide bonds. The van der Waals surface area contributed by atoms with Gasteiger partial charge in [-0.1, -0.05) is 6.07 Å². The Kier molecular flexibility index (Phi) is 3.27. The molecule has 5 heteroatoms. The molecule has 0 aliphatic heterocycles. The van der Waals surface area contributed by atoms with Crippen LogP contribution in [0.25, 0.3) is 11.5 Å². The van der Waals surface area contributed by atoms with Crippen molar-refractivity contribution < 1.29 is 4.74 Å². The van der Waals surface area contributed by atoms with E-state index in [0.29, 0.717) is 11.6 Å². The number of nitrogens with zero attached hydrogens (tertiary/aromatic N) is 3. The molecule has 0 unspecified atom stereocenters. The predicted molar refractivity (Wildman–Crippen MR) is 73.0 cm³/mol. The van der Waals surface area contributed by atoms with E-state index in [1.54, 1.807) is 19.5 Å². The Balaban J connectivity index is 1.87. The third-order valence-corrected chi connectivity index (χ3v) is 3.12. The maximum atomic E-state index is 5.28. The van der Waals surface area contributed by atoms with Gasteiger partial charge in [-0.05, 0) is 30.9 Å². The summed E-state index contributed by atoms with van der Waals surface area (Å²) < 4.78 is 5.28. The summed E-state index contributed by atoms with van der Waals surface area (Å²) >= 11 is 0. The Hall–Kier alpha value is -2.17. The second-order valence-electron chi connectivity index (χ2n) is 4.65. The molecule has 98 valence electrons. The van der Waals surface area contributed by atoms with Crippen molar-refractivity contribution >= 4 is 5.82 Å². The Morgan fingerprint density at radius 1 is 1.32 bits per heavy atom. The van der Waals surface area contributed by atoms with Crippen LogP contribution in [0.15, 0.2) is 30.6 Å². The molecule has 2 heterocycles. The number of nitrogens with one attached hydrogen (secondary N) is 1. The number of rotatable bonds is 5. The first-order valence-electron chi connectivity index (χ1n) is 6.43.